The molecule has 2 N–H and O–H groups in total. The number of anilines is 4. The number of nitrogens with zero attached hydrogens (tertiary/aromatic N) is 7. The maximum absolute atomic E-state index is 14.9. The molecule has 0 radical (unpaired) electrons. The van der Waals surface area contributed by atoms with E-state index in [-0.39, 0.29) is 12.4 Å². The Balaban J connectivity index is 1.07. The van der Waals surface area contributed by atoms with Crippen LogP contribution in [0, 0.1) is 5.82 Å². The van der Waals surface area contributed by atoms with Crippen LogP contribution in [-0.4, -0.2) is 81.4 Å². The molecule has 200 valence electrons. The van der Waals surface area contributed by atoms with Gasteiger partial charge < -0.3 is 20.2 Å². The smallest absolute Gasteiger partial charge is 0.225 e. The Morgan fingerprint density at radius 1 is 0.949 bits per heavy atom. The van der Waals surface area contributed by atoms with Crippen molar-refractivity contribution < 1.29 is 9.50 Å². The summed E-state index contributed by atoms with van der Waals surface area (Å²) in [5.74, 6) is 1.87. The van der Waals surface area contributed by atoms with Gasteiger partial charge in [0.2, 0.25) is 5.95 Å². The van der Waals surface area contributed by atoms with Gasteiger partial charge >= 0.3 is 0 Å². The Hall–Kier alpha value is -3.89. The number of hydrogen-bond donors (Lipinski definition) is 2. The zero-order valence-corrected chi connectivity index (χ0v) is 21.7. The number of benzene rings is 1. The lowest BCUT2D eigenvalue weighted by atomic mass is 10.0. The fraction of sp³-hybridized carbons (Fsp3) is 0.379. The average Bonchev–Trinajstić information content (AvgIpc) is 3.73. The molecule has 3 saturated heterocycles. The second kappa shape index (κ2) is 10.0. The third-order valence-corrected chi connectivity index (χ3v) is 8.18. The van der Waals surface area contributed by atoms with Gasteiger partial charge in [-0.2, -0.15) is 0 Å². The van der Waals surface area contributed by atoms with Crippen LogP contribution >= 0.6 is 0 Å². The maximum Gasteiger partial charge on any atom is 0.225 e. The topological polar surface area (TPSA) is 93.5 Å². The summed E-state index contributed by atoms with van der Waals surface area (Å²) >= 11 is 0. The fourth-order valence-electron chi connectivity index (χ4n) is 6.20. The highest BCUT2D eigenvalue weighted by atomic mass is 19.1. The minimum atomic E-state index is -0.387. The molecule has 6 heterocycles. The summed E-state index contributed by atoms with van der Waals surface area (Å²) in [7, 11) is 0. The number of pyridine rings is 2. The Bertz CT molecular complexity index is 1490. The van der Waals surface area contributed by atoms with Crippen molar-refractivity contribution in [1.29, 1.82) is 0 Å². The lowest BCUT2D eigenvalue weighted by molar-refractivity contribution is 0.177. The molecule has 2 atom stereocenters. The molecule has 7 rings (SSSR count). The van der Waals surface area contributed by atoms with Gasteiger partial charge in [0.1, 0.15) is 17.5 Å². The summed E-state index contributed by atoms with van der Waals surface area (Å²) in [5.41, 5.74) is 2.84. The molecule has 3 fully saturated rings. The Morgan fingerprint density at radius 2 is 1.85 bits per heavy atom. The second-order valence-corrected chi connectivity index (χ2v) is 10.6. The van der Waals surface area contributed by atoms with Crippen LogP contribution in [0.3, 0.4) is 0 Å². The first-order chi connectivity index (χ1) is 19.1. The summed E-state index contributed by atoms with van der Waals surface area (Å²) < 4.78 is 14.9. The lowest BCUT2D eigenvalue weighted by Crippen LogP contribution is -2.47. The number of piperazine rings is 1. The van der Waals surface area contributed by atoms with Gasteiger partial charge in [0.05, 0.1) is 30.2 Å². The summed E-state index contributed by atoms with van der Waals surface area (Å²) in [6.45, 7) is 4.83. The summed E-state index contributed by atoms with van der Waals surface area (Å²) in [6, 6.07) is 12.4. The van der Waals surface area contributed by atoms with Gasteiger partial charge in [-0.05, 0) is 55.2 Å². The van der Waals surface area contributed by atoms with E-state index in [0.717, 1.165) is 73.1 Å². The van der Waals surface area contributed by atoms with Crippen molar-refractivity contribution in [1.82, 2.24) is 24.8 Å². The molecule has 3 aliphatic heterocycles. The third kappa shape index (κ3) is 4.63. The number of halogens is 1. The first-order valence-electron chi connectivity index (χ1n) is 13.7. The molecule has 10 heteroatoms. The van der Waals surface area contributed by atoms with Crippen LogP contribution in [0.4, 0.5) is 27.7 Å². The zero-order chi connectivity index (χ0) is 26.3. The van der Waals surface area contributed by atoms with Crippen LogP contribution in [0.15, 0.2) is 55.0 Å². The summed E-state index contributed by atoms with van der Waals surface area (Å²) in [4.78, 5) is 25.1. The molecule has 3 aromatic heterocycles. The minimum Gasteiger partial charge on any atom is -0.395 e. The quantitative estimate of drug-likeness (QED) is 0.373. The predicted molar refractivity (Wildman–Crippen MR) is 150 cm³/mol. The lowest BCUT2D eigenvalue weighted by Gasteiger charge is -2.34. The number of fused-ring (bicyclic) bond motifs is 3. The maximum atomic E-state index is 14.9. The third-order valence-electron chi connectivity index (χ3n) is 8.18. The van der Waals surface area contributed by atoms with Crippen LogP contribution < -0.4 is 15.1 Å². The van der Waals surface area contributed by atoms with E-state index in [9.17, 15) is 9.50 Å². The molecular weight excluding hydrogens is 495 g/mol. The highest BCUT2D eigenvalue weighted by molar-refractivity contribution is 5.85. The molecule has 9 nitrogen and oxygen atoms in total. The van der Waals surface area contributed by atoms with Crippen molar-refractivity contribution in [3.63, 3.8) is 0 Å². The van der Waals surface area contributed by atoms with E-state index in [0.29, 0.717) is 23.5 Å². The number of aliphatic hydroxyl groups excluding tert-OH is 1. The van der Waals surface area contributed by atoms with Crippen LogP contribution in [-0.2, 0) is 0 Å². The van der Waals surface area contributed by atoms with E-state index in [4.69, 9.17) is 9.97 Å². The van der Waals surface area contributed by atoms with Crippen LogP contribution in [0.5, 0.6) is 0 Å². The number of aliphatic hydroxyl groups is 1. The standard InChI is InChI=1S/C29H31FN8O/c30-25-16-31-27(34-21-4-6-28(32-15-21)38-18-22-12-23(38)17-37(22)9-10-39)13-24(25)19-3-5-26-20(11-19)14-33-29(35-26)36-7-1-2-8-36/h3-6,11,13-16,22-23,39H,1-2,7-10,12,17-18H2,(H,31,34). The largest absolute Gasteiger partial charge is 0.395 e. The molecule has 4 aromatic rings. The van der Waals surface area contributed by atoms with Gasteiger partial charge in [0.25, 0.3) is 0 Å². The van der Waals surface area contributed by atoms with Crippen molar-refractivity contribution in [2.45, 2.75) is 31.3 Å². The number of nitrogens with one attached hydrogen (secondary N) is 1. The van der Waals surface area contributed by atoms with E-state index >= 15 is 0 Å². The van der Waals surface area contributed by atoms with E-state index in [1.54, 1.807) is 12.3 Å². The van der Waals surface area contributed by atoms with Gasteiger partial charge in [-0.3, -0.25) is 4.90 Å². The van der Waals surface area contributed by atoms with Crippen LogP contribution in [0.2, 0.25) is 0 Å². The normalized spacial score (nSPS) is 20.9. The van der Waals surface area contributed by atoms with Crippen molar-refractivity contribution >= 4 is 34.2 Å². The number of rotatable bonds is 7. The number of β-amino-alcohol motifs (C(OH)–C–C–N with tert-alkyl or cyclic N) is 1. The number of likely N-dealkylation sites (tertiary alicyclic amines) is 1. The molecule has 0 aliphatic carbocycles. The minimum absolute atomic E-state index is 0.204. The van der Waals surface area contributed by atoms with Crippen molar-refractivity contribution in [3.8, 4) is 11.1 Å². The molecule has 2 unspecified atom stereocenters. The molecule has 2 bridgehead atoms. The molecule has 3 aliphatic rings. The van der Waals surface area contributed by atoms with Crippen molar-refractivity contribution in [3.05, 3.63) is 60.8 Å². The van der Waals surface area contributed by atoms with E-state index < -0.39 is 0 Å². The number of aromatic nitrogens is 4. The molecule has 1 aromatic carbocycles. The van der Waals surface area contributed by atoms with Crippen LogP contribution in [0.25, 0.3) is 22.0 Å². The van der Waals surface area contributed by atoms with Gasteiger partial charge in [0, 0.05) is 62.0 Å². The number of hydrogen-bond acceptors (Lipinski definition) is 9. The Kier molecular flexibility index (Phi) is 6.21. The monoisotopic (exact) mass is 526 g/mol. The van der Waals surface area contributed by atoms with Gasteiger partial charge in [-0.15, -0.1) is 0 Å². The SMILES string of the molecule is OCCN1CC2CC1CN2c1ccc(Nc2cc(-c3ccc4nc(N5CCCC5)ncc4c3)c(F)cn2)cn1. The van der Waals surface area contributed by atoms with Crippen LogP contribution in [0.1, 0.15) is 19.3 Å². The zero-order valence-electron chi connectivity index (χ0n) is 21.7. The van der Waals surface area contributed by atoms with Gasteiger partial charge in [-0.25, -0.2) is 24.3 Å². The molecule has 0 saturated carbocycles. The molecule has 0 spiro atoms. The predicted octanol–water partition coefficient (Wildman–Crippen LogP) is 3.82. The first kappa shape index (κ1) is 24.2. The Morgan fingerprint density at radius 3 is 2.62 bits per heavy atom. The summed E-state index contributed by atoms with van der Waals surface area (Å²) in [5, 5.41) is 13.4. The summed E-state index contributed by atoms with van der Waals surface area (Å²) in [6.07, 6.45) is 8.31. The average molecular weight is 527 g/mol. The first-order valence-corrected chi connectivity index (χ1v) is 13.7. The molecular formula is C29H31FN8O. The van der Waals surface area contributed by atoms with Gasteiger partial charge in [-0.1, -0.05) is 6.07 Å². The highest BCUT2D eigenvalue weighted by Gasteiger charge is 2.43. The van der Waals surface area contributed by atoms with Crippen molar-refractivity contribution in [2.75, 3.05) is 54.4 Å². The van der Waals surface area contributed by atoms with E-state index in [2.05, 4.69) is 30.0 Å². The second-order valence-electron chi connectivity index (χ2n) is 10.6. The molecule has 0 amide bonds. The Labute approximate surface area is 226 Å². The fourth-order valence-corrected chi connectivity index (χ4v) is 6.20. The highest BCUT2D eigenvalue weighted by Crippen LogP contribution is 2.34. The van der Waals surface area contributed by atoms with Crippen molar-refractivity contribution in [2.24, 2.45) is 0 Å². The molecule has 39 heavy (non-hydrogen) atoms. The van der Waals surface area contributed by atoms with E-state index in [1.807, 2.05) is 36.5 Å². The van der Waals surface area contributed by atoms with E-state index in [1.165, 1.54) is 19.0 Å². The van der Waals surface area contributed by atoms with Gasteiger partial charge in [0.15, 0.2) is 0 Å².